The summed E-state index contributed by atoms with van der Waals surface area (Å²) in [5.74, 6) is -3.29. The van der Waals surface area contributed by atoms with Gasteiger partial charge in [0.15, 0.2) is 5.69 Å². The minimum atomic E-state index is -5.08. The van der Waals surface area contributed by atoms with Crippen molar-refractivity contribution < 1.29 is 42.0 Å². The van der Waals surface area contributed by atoms with Crippen LogP contribution in [0, 0.1) is 5.82 Å². The van der Waals surface area contributed by atoms with Gasteiger partial charge in [-0.25, -0.2) is 13.8 Å². The van der Waals surface area contributed by atoms with Crippen LogP contribution in [-0.2, 0) is 16.1 Å². The fourth-order valence-corrected chi connectivity index (χ4v) is 2.68. The van der Waals surface area contributed by atoms with Crippen LogP contribution >= 0.6 is 11.6 Å². The molecule has 1 aromatic heterocycles. The molecule has 1 aliphatic heterocycles. The number of alkyl halides is 3. The number of carboxylic acids is 1. The fourth-order valence-electron chi connectivity index (χ4n) is 2.50. The number of halogens is 5. The number of rotatable bonds is 6. The Balaban J connectivity index is 0.000000451. The predicted octanol–water partition coefficient (Wildman–Crippen LogP) is 3.01. The second-order valence-electron chi connectivity index (χ2n) is 6.33. The third-order valence-corrected chi connectivity index (χ3v) is 4.28. The number of benzene rings is 1. The number of carboxylic acid groups (broad SMARTS) is 1. The van der Waals surface area contributed by atoms with E-state index in [1.807, 2.05) is 0 Å². The number of oxime groups is 1. The summed E-state index contributed by atoms with van der Waals surface area (Å²) in [5.41, 5.74) is 1.13. The van der Waals surface area contributed by atoms with Crippen molar-refractivity contribution in [1.82, 2.24) is 15.6 Å². The fraction of sp³-hybridized carbons (Fsp3) is 0.412. The first kappa shape index (κ1) is 25.3. The molecule has 0 bridgehead atoms. The summed E-state index contributed by atoms with van der Waals surface area (Å²) in [7, 11) is 0. The number of nitrogens with one attached hydrogen (secondary N) is 2. The minimum absolute atomic E-state index is 0.0119. The molecule has 4 N–H and O–H groups in total. The van der Waals surface area contributed by atoms with Gasteiger partial charge in [-0.15, -0.1) is 0 Å². The van der Waals surface area contributed by atoms with Crippen LogP contribution in [0.25, 0.3) is 0 Å². The zero-order valence-corrected chi connectivity index (χ0v) is 17.0. The van der Waals surface area contributed by atoms with Gasteiger partial charge < -0.3 is 25.7 Å². The van der Waals surface area contributed by atoms with Crippen LogP contribution in [0.2, 0.25) is 5.02 Å². The van der Waals surface area contributed by atoms with Gasteiger partial charge in [0.05, 0.1) is 11.1 Å². The van der Waals surface area contributed by atoms with Crippen molar-refractivity contribution in [2.24, 2.45) is 5.16 Å². The Bertz CT molecular complexity index is 934. The van der Waals surface area contributed by atoms with Crippen LogP contribution in [0.15, 0.2) is 28.0 Å². The lowest BCUT2D eigenvalue weighted by Gasteiger charge is -2.10. The lowest BCUT2D eigenvalue weighted by molar-refractivity contribution is -0.192. The molecule has 1 saturated heterocycles. The van der Waals surface area contributed by atoms with Crippen molar-refractivity contribution in [1.29, 1.82) is 0 Å². The van der Waals surface area contributed by atoms with E-state index in [9.17, 15) is 22.8 Å². The van der Waals surface area contributed by atoms with Crippen molar-refractivity contribution in [3.63, 3.8) is 0 Å². The Kier molecular flexibility index (Phi) is 9.16. The van der Waals surface area contributed by atoms with Gasteiger partial charge in [-0.1, -0.05) is 21.9 Å². The van der Waals surface area contributed by atoms with Gasteiger partial charge >= 0.3 is 12.1 Å². The molecule has 2 heterocycles. The molecule has 0 saturated carbocycles. The number of amidine groups is 1. The Morgan fingerprint density at radius 1 is 1.34 bits per heavy atom. The molecule has 1 aliphatic rings. The highest BCUT2D eigenvalue weighted by atomic mass is 35.5. The Morgan fingerprint density at radius 2 is 2.06 bits per heavy atom. The van der Waals surface area contributed by atoms with E-state index < -0.39 is 18.0 Å². The van der Waals surface area contributed by atoms with Gasteiger partial charge in [0.2, 0.25) is 5.84 Å². The van der Waals surface area contributed by atoms with Crippen molar-refractivity contribution in [3.05, 3.63) is 40.4 Å². The third-order valence-electron chi connectivity index (χ3n) is 3.99. The maximum absolute atomic E-state index is 13.2. The molecule has 1 fully saturated rings. The van der Waals surface area contributed by atoms with E-state index in [-0.39, 0.29) is 22.7 Å². The molecule has 1 unspecified atom stereocenters. The average molecular weight is 484 g/mol. The summed E-state index contributed by atoms with van der Waals surface area (Å²) in [6.45, 7) is 1.83. The van der Waals surface area contributed by atoms with Crippen LogP contribution in [0.1, 0.15) is 24.2 Å². The minimum Gasteiger partial charge on any atom is -0.475 e. The van der Waals surface area contributed by atoms with Crippen molar-refractivity contribution in [2.45, 2.75) is 31.7 Å². The highest BCUT2D eigenvalue weighted by Gasteiger charge is 2.38. The van der Waals surface area contributed by atoms with Crippen molar-refractivity contribution in [3.8, 4) is 0 Å². The highest BCUT2D eigenvalue weighted by molar-refractivity contribution is 6.31. The van der Waals surface area contributed by atoms with Gasteiger partial charge in [-0.05, 0) is 36.2 Å². The molecular weight excluding hydrogens is 466 g/mol. The summed E-state index contributed by atoms with van der Waals surface area (Å²) in [5, 5.41) is 33.1. The van der Waals surface area contributed by atoms with E-state index in [0.717, 1.165) is 19.4 Å². The molecule has 0 spiro atoms. The second-order valence-corrected chi connectivity index (χ2v) is 6.74. The number of hydrogen-bond donors (Lipinski definition) is 4. The van der Waals surface area contributed by atoms with Gasteiger partial charge in [0, 0.05) is 25.4 Å². The predicted molar refractivity (Wildman–Crippen MR) is 102 cm³/mol. The zero-order valence-electron chi connectivity index (χ0n) is 16.2. The Morgan fingerprint density at radius 3 is 2.62 bits per heavy atom. The number of hydrogen-bond acceptors (Lipinski definition) is 8. The lowest BCUT2D eigenvalue weighted by atomic mass is 10.2. The summed E-state index contributed by atoms with van der Waals surface area (Å²) < 4.78 is 55.2. The largest absolute Gasteiger partial charge is 0.490 e. The van der Waals surface area contributed by atoms with E-state index >= 15 is 0 Å². The first-order valence-electron chi connectivity index (χ1n) is 9.00. The van der Waals surface area contributed by atoms with E-state index in [4.69, 9.17) is 30.9 Å². The van der Waals surface area contributed by atoms with E-state index in [1.165, 1.54) is 18.2 Å². The topological polar surface area (TPSA) is 142 Å². The molecular formula is C17H18ClF4N5O5. The van der Waals surface area contributed by atoms with Crippen LogP contribution in [0.3, 0.4) is 0 Å². The van der Waals surface area contributed by atoms with Gasteiger partial charge in [0.25, 0.3) is 0 Å². The summed E-state index contributed by atoms with van der Waals surface area (Å²) in [6, 6.07) is 4.02. The van der Waals surface area contributed by atoms with E-state index in [1.54, 1.807) is 0 Å². The molecule has 1 atom stereocenters. The summed E-state index contributed by atoms with van der Waals surface area (Å²) in [6.07, 6.45) is -2.81. The molecule has 1 aromatic carbocycles. The number of carbonyl (C=O) groups is 1. The third kappa shape index (κ3) is 7.62. The number of aromatic nitrogens is 2. The maximum Gasteiger partial charge on any atom is 0.490 e. The molecule has 32 heavy (non-hydrogen) atoms. The number of ether oxygens (including phenoxy) is 1. The molecule has 15 heteroatoms. The van der Waals surface area contributed by atoms with Crippen LogP contribution in [0.5, 0.6) is 0 Å². The van der Waals surface area contributed by atoms with E-state index in [2.05, 4.69) is 26.1 Å². The standard InChI is InChI=1S/C15H17ClFN5O3.C2HF3O2/c16-11-6-9(3-4-12(11)17)19-15(20-23)14-13(21-25-22-14)8-18-7-10-2-1-5-24-10;3-2(4,5)1(6)7/h3-4,6,10,18,23H,1-2,5,7-8H2,(H,19,20);(H,6,7). The number of aliphatic carboxylic acids is 1. The molecule has 176 valence electrons. The SMILES string of the molecule is O/N=C(/Nc1ccc(F)c(Cl)c1)c1nonc1CNCC1CCCO1.O=C(O)C(F)(F)F. The first-order valence-corrected chi connectivity index (χ1v) is 9.38. The lowest BCUT2D eigenvalue weighted by Crippen LogP contribution is -2.27. The molecule has 0 radical (unpaired) electrons. The second kappa shape index (κ2) is 11.6. The zero-order chi connectivity index (χ0) is 23.7. The molecule has 0 aliphatic carbocycles. The van der Waals surface area contributed by atoms with Crippen molar-refractivity contribution in [2.75, 3.05) is 18.5 Å². The first-order chi connectivity index (χ1) is 15.1. The maximum atomic E-state index is 13.2. The Labute approximate surface area is 183 Å². The average Bonchev–Trinajstić information content (AvgIpc) is 3.41. The summed E-state index contributed by atoms with van der Waals surface area (Å²) in [4.78, 5) is 8.90. The van der Waals surface area contributed by atoms with Crippen LogP contribution in [-0.4, -0.2) is 57.9 Å². The number of anilines is 1. The van der Waals surface area contributed by atoms with E-state index in [0.29, 0.717) is 24.5 Å². The van der Waals surface area contributed by atoms with Crippen molar-refractivity contribution >= 4 is 29.1 Å². The van der Waals surface area contributed by atoms with Gasteiger partial charge in [0.1, 0.15) is 11.5 Å². The number of nitrogens with zero attached hydrogens (tertiary/aromatic N) is 3. The molecule has 0 amide bonds. The van der Waals surface area contributed by atoms with Gasteiger partial charge in [-0.2, -0.15) is 13.2 Å². The van der Waals surface area contributed by atoms with Gasteiger partial charge in [-0.3, -0.25) is 0 Å². The molecule has 3 rings (SSSR count). The smallest absolute Gasteiger partial charge is 0.475 e. The normalized spacial score (nSPS) is 16.4. The quantitative estimate of drug-likeness (QED) is 0.160. The molecule has 2 aromatic rings. The Hall–Kier alpha value is -2.97. The van der Waals surface area contributed by atoms with Crippen LogP contribution in [0.4, 0.5) is 23.2 Å². The molecule has 10 nitrogen and oxygen atoms in total. The summed E-state index contributed by atoms with van der Waals surface area (Å²) >= 11 is 5.74. The van der Waals surface area contributed by atoms with Crippen LogP contribution < -0.4 is 10.6 Å². The highest BCUT2D eigenvalue weighted by Crippen LogP contribution is 2.20. The monoisotopic (exact) mass is 483 g/mol.